The highest BCUT2D eigenvalue weighted by Gasteiger charge is 2.19. The van der Waals surface area contributed by atoms with Gasteiger partial charge in [0.15, 0.2) is 0 Å². The summed E-state index contributed by atoms with van der Waals surface area (Å²) in [5.41, 5.74) is 7.69. The minimum atomic E-state index is -0.286. The van der Waals surface area contributed by atoms with Gasteiger partial charge < -0.3 is 10.5 Å². The van der Waals surface area contributed by atoms with Gasteiger partial charge in [0.1, 0.15) is 18.2 Å². The number of nitrogens with zero attached hydrogens (tertiary/aromatic N) is 1. The molecule has 0 aromatic heterocycles. The Kier molecular flexibility index (Phi) is 4.25. The largest absolute Gasteiger partial charge is 0.488 e. The minimum Gasteiger partial charge on any atom is -0.488 e. The predicted octanol–water partition coefficient (Wildman–Crippen LogP) is 3.83. The van der Waals surface area contributed by atoms with E-state index in [1.165, 1.54) is 0 Å². The lowest BCUT2D eigenvalue weighted by Crippen LogP contribution is -2.09. The van der Waals surface area contributed by atoms with Crippen molar-refractivity contribution in [2.75, 3.05) is 0 Å². The molecular weight excluding hydrogens is 296 g/mol. The summed E-state index contributed by atoms with van der Waals surface area (Å²) in [5.74, 6) is 1.000. The third-order valence-electron chi connectivity index (χ3n) is 3.10. The molecule has 3 rings (SSSR count). The summed E-state index contributed by atoms with van der Waals surface area (Å²) in [6, 6.07) is 17.6. The van der Waals surface area contributed by atoms with Crippen molar-refractivity contribution in [3.63, 3.8) is 0 Å². The minimum absolute atomic E-state index is 0.257. The van der Waals surface area contributed by atoms with Crippen LogP contribution in [-0.2, 0) is 6.61 Å². The van der Waals surface area contributed by atoms with E-state index < -0.39 is 0 Å². The molecule has 2 aromatic carbocycles. The van der Waals surface area contributed by atoms with Gasteiger partial charge in [-0.1, -0.05) is 48.5 Å². The van der Waals surface area contributed by atoms with Crippen LogP contribution in [0.2, 0.25) is 0 Å². The van der Waals surface area contributed by atoms with E-state index >= 15 is 0 Å². The van der Waals surface area contributed by atoms with E-state index in [9.17, 15) is 4.79 Å². The van der Waals surface area contributed by atoms with Crippen LogP contribution >= 0.6 is 11.8 Å². The zero-order valence-electron chi connectivity index (χ0n) is 11.7. The van der Waals surface area contributed by atoms with Crippen LogP contribution < -0.4 is 10.5 Å². The molecule has 110 valence electrons. The van der Waals surface area contributed by atoms with E-state index in [1.54, 1.807) is 0 Å². The normalized spacial score (nSPS) is 15.9. The van der Waals surface area contributed by atoms with E-state index in [-0.39, 0.29) is 11.1 Å². The Morgan fingerprint density at radius 2 is 1.82 bits per heavy atom. The van der Waals surface area contributed by atoms with Crippen LogP contribution in [0.25, 0.3) is 6.08 Å². The standard InChI is InChI=1S/C17H14N2O2S/c18-16-15(22-17(20)19-16)10-13-8-4-5-9-14(13)21-11-12-6-2-1-3-7-12/h1-10H,11H2,(H2,18,19,20)/b15-10+. The summed E-state index contributed by atoms with van der Waals surface area (Å²) in [4.78, 5) is 15.6. The third kappa shape index (κ3) is 3.38. The molecule has 1 heterocycles. The molecule has 0 unspecified atom stereocenters. The molecule has 0 spiro atoms. The van der Waals surface area contributed by atoms with E-state index in [1.807, 2.05) is 60.7 Å². The molecule has 0 aliphatic carbocycles. The molecule has 0 atom stereocenters. The zero-order chi connectivity index (χ0) is 15.4. The first-order valence-electron chi connectivity index (χ1n) is 6.76. The second kappa shape index (κ2) is 6.49. The lowest BCUT2D eigenvalue weighted by molar-refractivity contribution is 0.268. The lowest BCUT2D eigenvalue weighted by Gasteiger charge is -2.09. The van der Waals surface area contributed by atoms with Gasteiger partial charge in [0.05, 0.1) is 4.91 Å². The Labute approximate surface area is 132 Å². The molecule has 0 saturated heterocycles. The maximum absolute atomic E-state index is 11.3. The molecule has 4 nitrogen and oxygen atoms in total. The van der Waals surface area contributed by atoms with Gasteiger partial charge in [-0.3, -0.25) is 4.79 Å². The van der Waals surface area contributed by atoms with E-state index in [2.05, 4.69) is 4.99 Å². The first-order valence-corrected chi connectivity index (χ1v) is 7.58. The number of nitrogens with two attached hydrogens (primary N) is 1. The monoisotopic (exact) mass is 310 g/mol. The number of thioether (sulfide) groups is 1. The molecule has 0 radical (unpaired) electrons. The number of ether oxygens (including phenoxy) is 1. The van der Waals surface area contributed by atoms with E-state index in [4.69, 9.17) is 10.5 Å². The van der Waals surface area contributed by atoms with Crippen LogP contribution in [0.15, 0.2) is 64.5 Å². The zero-order valence-corrected chi connectivity index (χ0v) is 12.5. The van der Waals surface area contributed by atoms with Gasteiger partial charge in [-0.15, -0.1) is 0 Å². The number of carbonyl (C=O) groups excluding carboxylic acids is 1. The number of amidine groups is 1. The third-order valence-corrected chi connectivity index (χ3v) is 3.92. The highest BCUT2D eigenvalue weighted by molar-refractivity contribution is 8.18. The topological polar surface area (TPSA) is 64.7 Å². The fraction of sp³-hybridized carbons (Fsp3) is 0.0588. The van der Waals surface area contributed by atoms with Crippen LogP contribution in [-0.4, -0.2) is 11.1 Å². The molecule has 2 N–H and O–H groups in total. The predicted molar refractivity (Wildman–Crippen MR) is 89.8 cm³/mol. The van der Waals surface area contributed by atoms with E-state index in [0.29, 0.717) is 11.5 Å². The Balaban J connectivity index is 1.80. The van der Waals surface area contributed by atoms with Crippen LogP contribution in [0.1, 0.15) is 11.1 Å². The quantitative estimate of drug-likeness (QED) is 0.932. The van der Waals surface area contributed by atoms with Gasteiger partial charge in [0, 0.05) is 5.56 Å². The summed E-state index contributed by atoms with van der Waals surface area (Å²) >= 11 is 1.03. The van der Waals surface area contributed by atoms with Gasteiger partial charge in [0.2, 0.25) is 0 Å². The van der Waals surface area contributed by atoms with Crippen LogP contribution in [0, 0.1) is 0 Å². The second-order valence-electron chi connectivity index (χ2n) is 4.69. The lowest BCUT2D eigenvalue weighted by atomic mass is 10.2. The maximum Gasteiger partial charge on any atom is 0.311 e. The van der Waals surface area contributed by atoms with Crippen molar-refractivity contribution in [1.29, 1.82) is 0 Å². The molecule has 0 saturated carbocycles. The molecule has 22 heavy (non-hydrogen) atoms. The Morgan fingerprint density at radius 3 is 2.55 bits per heavy atom. The Bertz CT molecular complexity index is 754. The van der Waals surface area contributed by atoms with Gasteiger partial charge in [-0.05, 0) is 29.5 Å². The molecule has 0 fully saturated rings. The van der Waals surface area contributed by atoms with Crippen molar-refractivity contribution in [3.05, 3.63) is 70.6 Å². The average molecular weight is 310 g/mol. The number of para-hydroxylation sites is 1. The van der Waals surface area contributed by atoms with Crippen molar-refractivity contribution in [3.8, 4) is 5.75 Å². The maximum atomic E-state index is 11.3. The first kappa shape index (κ1) is 14.4. The molecule has 2 aromatic rings. The van der Waals surface area contributed by atoms with Crippen molar-refractivity contribution in [1.82, 2.24) is 0 Å². The highest BCUT2D eigenvalue weighted by atomic mass is 32.2. The van der Waals surface area contributed by atoms with Gasteiger partial charge >= 0.3 is 5.24 Å². The summed E-state index contributed by atoms with van der Waals surface area (Å²) in [6.45, 7) is 0.483. The molecule has 5 heteroatoms. The van der Waals surface area contributed by atoms with Gasteiger partial charge in [0.25, 0.3) is 0 Å². The number of hydrogen-bond acceptors (Lipinski definition) is 4. The van der Waals surface area contributed by atoms with Crippen molar-refractivity contribution < 1.29 is 9.53 Å². The molecule has 1 aliphatic heterocycles. The summed E-state index contributed by atoms with van der Waals surface area (Å²) in [5, 5.41) is -0.286. The number of aliphatic imine (C=N–C) groups is 1. The first-order chi connectivity index (χ1) is 10.7. The van der Waals surface area contributed by atoms with Crippen molar-refractivity contribution >= 4 is 28.9 Å². The molecule has 1 amide bonds. The summed E-state index contributed by atoms with van der Waals surface area (Å²) in [7, 11) is 0. The van der Waals surface area contributed by atoms with Crippen LogP contribution in [0.3, 0.4) is 0 Å². The number of amides is 1. The fourth-order valence-electron chi connectivity index (χ4n) is 2.03. The summed E-state index contributed by atoms with van der Waals surface area (Å²) < 4.78 is 5.88. The van der Waals surface area contributed by atoms with Gasteiger partial charge in [-0.2, -0.15) is 4.99 Å². The smallest absolute Gasteiger partial charge is 0.311 e. The molecule has 1 aliphatic rings. The number of rotatable bonds is 4. The second-order valence-corrected chi connectivity index (χ2v) is 5.68. The average Bonchev–Trinajstić information content (AvgIpc) is 2.85. The molecular formula is C17H14N2O2S. The fourth-order valence-corrected chi connectivity index (χ4v) is 2.70. The van der Waals surface area contributed by atoms with Crippen molar-refractivity contribution in [2.45, 2.75) is 6.61 Å². The highest BCUT2D eigenvalue weighted by Crippen LogP contribution is 2.30. The van der Waals surface area contributed by atoms with E-state index in [0.717, 1.165) is 28.6 Å². The van der Waals surface area contributed by atoms with Crippen LogP contribution in [0.5, 0.6) is 5.75 Å². The number of hydrogen-bond donors (Lipinski definition) is 1. The number of benzene rings is 2. The van der Waals surface area contributed by atoms with Crippen molar-refractivity contribution in [2.24, 2.45) is 10.7 Å². The van der Waals surface area contributed by atoms with Crippen LogP contribution in [0.4, 0.5) is 4.79 Å². The van der Waals surface area contributed by atoms with Gasteiger partial charge in [-0.25, -0.2) is 0 Å². The SMILES string of the molecule is NC1=NC(=O)S/C1=C/c1ccccc1OCc1ccccc1. The Hall–Kier alpha value is -2.53. The summed E-state index contributed by atoms with van der Waals surface area (Å²) in [6.07, 6.45) is 1.83. The number of carbonyl (C=O) groups is 1. The Morgan fingerprint density at radius 1 is 1.09 bits per heavy atom. The molecule has 0 bridgehead atoms.